The molecule has 1 aliphatic rings. The highest BCUT2D eigenvalue weighted by molar-refractivity contribution is 6.29. The second-order valence-electron chi connectivity index (χ2n) is 4.14. The number of halogens is 1. The van der Waals surface area contributed by atoms with Crippen LogP contribution in [-0.4, -0.2) is 54.2 Å². The Hall–Kier alpha value is -1.44. The minimum Gasteiger partial charge on any atom is -0.379 e. The summed E-state index contributed by atoms with van der Waals surface area (Å²) in [5.41, 5.74) is -0.0635. The number of nitro groups is 1. The second kappa shape index (κ2) is 6.65. The maximum absolute atomic E-state index is 10.9. The molecule has 0 atom stereocenters. The van der Waals surface area contributed by atoms with Crippen molar-refractivity contribution < 1.29 is 9.66 Å². The monoisotopic (exact) mass is 286 g/mol. The zero-order chi connectivity index (χ0) is 13.7. The van der Waals surface area contributed by atoms with Gasteiger partial charge in [0.2, 0.25) is 5.82 Å². The van der Waals surface area contributed by atoms with Crippen LogP contribution >= 0.6 is 11.6 Å². The number of anilines is 1. The molecule has 0 radical (unpaired) electrons. The average Bonchev–Trinajstić information content (AvgIpc) is 2.39. The fraction of sp³-hybridized carbons (Fsp3) is 0.545. The molecular formula is C11H15ClN4O3. The molecule has 1 aromatic heterocycles. The highest BCUT2D eigenvalue weighted by Crippen LogP contribution is 2.23. The van der Waals surface area contributed by atoms with E-state index in [1.807, 2.05) is 0 Å². The van der Waals surface area contributed by atoms with Gasteiger partial charge in [-0.2, -0.15) is 0 Å². The molecule has 1 N–H and O–H groups in total. The molecule has 0 saturated carbocycles. The SMILES string of the molecule is O=[N+]([O-])c1ccc(Cl)nc1NCCN1CCOCC1. The summed E-state index contributed by atoms with van der Waals surface area (Å²) < 4.78 is 5.25. The average molecular weight is 287 g/mol. The van der Waals surface area contributed by atoms with Gasteiger partial charge in [0.05, 0.1) is 18.1 Å². The molecule has 0 unspecified atom stereocenters. The molecule has 0 bridgehead atoms. The zero-order valence-electron chi connectivity index (χ0n) is 10.3. The minimum absolute atomic E-state index is 0.0635. The normalized spacial score (nSPS) is 16.3. The van der Waals surface area contributed by atoms with E-state index in [0.29, 0.717) is 6.54 Å². The molecule has 2 rings (SSSR count). The largest absolute Gasteiger partial charge is 0.379 e. The van der Waals surface area contributed by atoms with E-state index >= 15 is 0 Å². The molecule has 1 saturated heterocycles. The molecule has 8 heteroatoms. The van der Waals surface area contributed by atoms with Crippen molar-refractivity contribution in [3.8, 4) is 0 Å². The van der Waals surface area contributed by atoms with Crippen molar-refractivity contribution in [1.29, 1.82) is 0 Å². The first kappa shape index (κ1) is 14.0. The van der Waals surface area contributed by atoms with Crippen LogP contribution in [0.25, 0.3) is 0 Å². The third kappa shape index (κ3) is 4.02. The fourth-order valence-electron chi connectivity index (χ4n) is 1.86. The van der Waals surface area contributed by atoms with Gasteiger partial charge in [0.1, 0.15) is 5.15 Å². The summed E-state index contributed by atoms with van der Waals surface area (Å²) in [5.74, 6) is 0.214. The Morgan fingerprint density at radius 2 is 2.21 bits per heavy atom. The standard InChI is InChI=1S/C11H15ClN4O3/c12-10-2-1-9(16(17)18)11(14-10)13-3-4-15-5-7-19-8-6-15/h1-2H,3-8H2,(H,13,14). The fourth-order valence-corrected chi connectivity index (χ4v) is 2.01. The number of nitrogens with one attached hydrogen (secondary N) is 1. The first-order chi connectivity index (χ1) is 9.16. The van der Waals surface area contributed by atoms with E-state index in [1.165, 1.54) is 12.1 Å². The van der Waals surface area contributed by atoms with Gasteiger partial charge < -0.3 is 10.1 Å². The first-order valence-corrected chi connectivity index (χ1v) is 6.39. The molecule has 2 heterocycles. The summed E-state index contributed by atoms with van der Waals surface area (Å²) in [4.78, 5) is 16.6. The van der Waals surface area contributed by atoms with Crippen molar-refractivity contribution in [2.24, 2.45) is 0 Å². The lowest BCUT2D eigenvalue weighted by Crippen LogP contribution is -2.39. The summed E-state index contributed by atoms with van der Waals surface area (Å²) in [7, 11) is 0. The molecule has 104 valence electrons. The van der Waals surface area contributed by atoms with Crippen LogP contribution in [0.5, 0.6) is 0 Å². The Morgan fingerprint density at radius 3 is 2.89 bits per heavy atom. The van der Waals surface area contributed by atoms with Gasteiger partial charge in [0, 0.05) is 32.2 Å². The van der Waals surface area contributed by atoms with E-state index in [0.717, 1.165) is 32.8 Å². The maximum atomic E-state index is 10.9. The van der Waals surface area contributed by atoms with Crippen LogP contribution in [0.1, 0.15) is 0 Å². The highest BCUT2D eigenvalue weighted by atomic mass is 35.5. The minimum atomic E-state index is -0.472. The van der Waals surface area contributed by atoms with E-state index in [4.69, 9.17) is 16.3 Å². The van der Waals surface area contributed by atoms with E-state index < -0.39 is 4.92 Å². The molecule has 0 spiro atoms. The van der Waals surface area contributed by atoms with Gasteiger partial charge in [-0.25, -0.2) is 4.98 Å². The van der Waals surface area contributed by atoms with Crippen LogP contribution < -0.4 is 5.32 Å². The van der Waals surface area contributed by atoms with E-state index in [9.17, 15) is 10.1 Å². The smallest absolute Gasteiger partial charge is 0.311 e. The Bertz CT molecular complexity index is 452. The Labute approximate surface area is 115 Å². The number of pyridine rings is 1. The molecule has 0 aromatic carbocycles. The van der Waals surface area contributed by atoms with Crippen LogP contribution in [0.4, 0.5) is 11.5 Å². The lowest BCUT2D eigenvalue weighted by atomic mass is 10.3. The summed E-state index contributed by atoms with van der Waals surface area (Å²) in [6.07, 6.45) is 0. The molecule has 1 aromatic rings. The molecule has 0 aliphatic carbocycles. The summed E-state index contributed by atoms with van der Waals surface area (Å²) in [6.45, 7) is 4.59. The number of hydrogen-bond acceptors (Lipinski definition) is 6. The number of ether oxygens (including phenoxy) is 1. The number of aromatic nitrogens is 1. The summed E-state index contributed by atoms with van der Waals surface area (Å²) >= 11 is 5.75. The highest BCUT2D eigenvalue weighted by Gasteiger charge is 2.16. The molecule has 1 fully saturated rings. The Morgan fingerprint density at radius 1 is 1.47 bits per heavy atom. The van der Waals surface area contributed by atoms with Crippen LogP contribution in [0.2, 0.25) is 5.15 Å². The van der Waals surface area contributed by atoms with Crippen LogP contribution in [0.3, 0.4) is 0 Å². The molecule has 19 heavy (non-hydrogen) atoms. The third-order valence-corrected chi connectivity index (χ3v) is 3.07. The number of morpholine rings is 1. The van der Waals surface area contributed by atoms with Crippen molar-refractivity contribution in [1.82, 2.24) is 9.88 Å². The predicted molar refractivity (Wildman–Crippen MR) is 71.7 cm³/mol. The van der Waals surface area contributed by atoms with Gasteiger partial charge in [0.15, 0.2) is 0 Å². The van der Waals surface area contributed by atoms with Crippen molar-refractivity contribution in [3.05, 3.63) is 27.4 Å². The first-order valence-electron chi connectivity index (χ1n) is 6.02. The van der Waals surface area contributed by atoms with Crippen LogP contribution in [0, 0.1) is 10.1 Å². The van der Waals surface area contributed by atoms with Crippen molar-refractivity contribution >= 4 is 23.1 Å². The second-order valence-corrected chi connectivity index (χ2v) is 4.53. The predicted octanol–water partition coefficient (Wildman–Crippen LogP) is 1.39. The molecule has 0 amide bonds. The lowest BCUT2D eigenvalue weighted by molar-refractivity contribution is -0.384. The van der Waals surface area contributed by atoms with Crippen LogP contribution in [0.15, 0.2) is 12.1 Å². The van der Waals surface area contributed by atoms with Gasteiger partial charge in [-0.05, 0) is 6.07 Å². The van der Waals surface area contributed by atoms with E-state index in [2.05, 4.69) is 15.2 Å². The van der Waals surface area contributed by atoms with E-state index in [1.54, 1.807) is 0 Å². The topological polar surface area (TPSA) is 80.5 Å². The number of rotatable bonds is 5. The van der Waals surface area contributed by atoms with Crippen molar-refractivity contribution in [2.75, 3.05) is 44.7 Å². The van der Waals surface area contributed by atoms with Crippen LogP contribution in [-0.2, 0) is 4.74 Å². The van der Waals surface area contributed by atoms with Gasteiger partial charge >= 0.3 is 5.69 Å². The Balaban J connectivity index is 1.91. The van der Waals surface area contributed by atoms with Crippen molar-refractivity contribution in [2.45, 2.75) is 0 Å². The zero-order valence-corrected chi connectivity index (χ0v) is 11.1. The van der Waals surface area contributed by atoms with Gasteiger partial charge in [-0.15, -0.1) is 0 Å². The molecule has 1 aliphatic heterocycles. The number of nitrogens with zero attached hydrogens (tertiary/aromatic N) is 3. The van der Waals surface area contributed by atoms with Gasteiger partial charge in [-0.1, -0.05) is 11.6 Å². The quantitative estimate of drug-likeness (QED) is 0.500. The summed E-state index contributed by atoms with van der Waals surface area (Å²) in [6, 6.07) is 2.76. The molecular weight excluding hydrogens is 272 g/mol. The van der Waals surface area contributed by atoms with Gasteiger partial charge in [-0.3, -0.25) is 15.0 Å². The lowest BCUT2D eigenvalue weighted by Gasteiger charge is -2.26. The van der Waals surface area contributed by atoms with Gasteiger partial charge in [0.25, 0.3) is 0 Å². The number of hydrogen-bond donors (Lipinski definition) is 1. The molecule has 7 nitrogen and oxygen atoms in total. The Kier molecular flexibility index (Phi) is 4.89. The van der Waals surface area contributed by atoms with E-state index in [-0.39, 0.29) is 16.7 Å². The third-order valence-electron chi connectivity index (χ3n) is 2.86. The summed E-state index contributed by atoms with van der Waals surface area (Å²) in [5, 5.41) is 14.1. The maximum Gasteiger partial charge on any atom is 0.311 e. The van der Waals surface area contributed by atoms with Crippen molar-refractivity contribution in [3.63, 3.8) is 0 Å².